The maximum atomic E-state index is 13.6. The van der Waals surface area contributed by atoms with Crippen molar-refractivity contribution in [2.45, 2.75) is 32.2 Å². The molecule has 0 fully saturated rings. The molecule has 7 rings (SSSR count). The summed E-state index contributed by atoms with van der Waals surface area (Å²) in [7, 11) is 0. The molecule has 0 saturated heterocycles. The largest absolute Gasteiger partial charge is 0.361 e. The molecule has 3 N–H and O–H groups in total. The Labute approximate surface area is 233 Å². The summed E-state index contributed by atoms with van der Waals surface area (Å²) >= 11 is 0. The van der Waals surface area contributed by atoms with Crippen LogP contribution in [-0.4, -0.2) is 10.9 Å². The number of fused-ring (bicyclic) bond motifs is 2. The van der Waals surface area contributed by atoms with Crippen molar-refractivity contribution in [2.24, 2.45) is 11.8 Å². The third kappa shape index (κ3) is 4.20. The zero-order valence-corrected chi connectivity index (χ0v) is 22.3. The molecule has 0 radical (unpaired) electrons. The van der Waals surface area contributed by atoms with Gasteiger partial charge in [0.1, 0.15) is 5.82 Å². The average Bonchev–Trinajstić information content (AvgIpc) is 3.72. The van der Waals surface area contributed by atoms with Gasteiger partial charge in [-0.25, -0.2) is 4.39 Å². The van der Waals surface area contributed by atoms with Crippen molar-refractivity contribution >= 4 is 22.5 Å². The van der Waals surface area contributed by atoms with E-state index in [2.05, 4.69) is 47.1 Å². The second-order valence-electron chi connectivity index (χ2n) is 10.9. The lowest BCUT2D eigenvalue weighted by Crippen LogP contribution is -2.31. The van der Waals surface area contributed by atoms with Crippen molar-refractivity contribution in [1.82, 2.24) is 15.7 Å². The summed E-state index contributed by atoms with van der Waals surface area (Å²) in [5.74, 6) is 0.316. The van der Waals surface area contributed by atoms with Crippen LogP contribution in [0, 0.1) is 17.7 Å². The first-order valence-electron chi connectivity index (χ1n) is 14.0. The number of allylic oxidation sites excluding steroid dienone is 4. The number of hydrogen-bond acceptors (Lipinski definition) is 3. The second kappa shape index (κ2) is 9.87. The van der Waals surface area contributed by atoms with Crippen LogP contribution in [0.2, 0.25) is 0 Å². The van der Waals surface area contributed by atoms with Crippen molar-refractivity contribution < 1.29 is 9.18 Å². The molecule has 4 aromatic rings. The molecule has 2 heterocycles. The van der Waals surface area contributed by atoms with Gasteiger partial charge in [-0.15, -0.1) is 0 Å². The van der Waals surface area contributed by atoms with Crippen LogP contribution in [0.15, 0.2) is 120 Å². The highest BCUT2D eigenvalue weighted by Crippen LogP contribution is 2.49. The first-order chi connectivity index (χ1) is 19.6. The SMILES string of the molecule is C[C@H]1C2=CNN(c3ccc(F)cc3)C2=CC2=C1[C@@H](CC(NC(=O)c1cccc3[nH]ccc13)c1ccccc1)CC2. The molecule has 0 spiro atoms. The van der Waals surface area contributed by atoms with Gasteiger partial charge < -0.3 is 15.7 Å². The summed E-state index contributed by atoms with van der Waals surface area (Å²) in [5.41, 5.74) is 12.3. The molecule has 6 heteroatoms. The summed E-state index contributed by atoms with van der Waals surface area (Å²) in [5, 5.41) is 6.36. The molecule has 1 aromatic heterocycles. The van der Waals surface area contributed by atoms with E-state index in [1.54, 1.807) is 12.1 Å². The van der Waals surface area contributed by atoms with Crippen LogP contribution < -0.4 is 15.8 Å². The average molecular weight is 531 g/mol. The Morgan fingerprint density at radius 3 is 2.70 bits per heavy atom. The van der Waals surface area contributed by atoms with E-state index >= 15 is 0 Å². The van der Waals surface area contributed by atoms with E-state index in [-0.39, 0.29) is 23.7 Å². The highest BCUT2D eigenvalue weighted by atomic mass is 19.1. The predicted octanol–water partition coefficient (Wildman–Crippen LogP) is 7.32. The van der Waals surface area contributed by atoms with Gasteiger partial charge in [0.25, 0.3) is 5.91 Å². The minimum Gasteiger partial charge on any atom is -0.361 e. The summed E-state index contributed by atoms with van der Waals surface area (Å²) in [4.78, 5) is 16.8. The van der Waals surface area contributed by atoms with Gasteiger partial charge in [-0.1, -0.05) is 48.9 Å². The first-order valence-corrected chi connectivity index (χ1v) is 14.0. The van der Waals surface area contributed by atoms with E-state index in [0.29, 0.717) is 11.5 Å². The van der Waals surface area contributed by atoms with Crippen LogP contribution in [0.1, 0.15) is 48.1 Å². The van der Waals surface area contributed by atoms with Gasteiger partial charge in [-0.2, -0.15) is 0 Å². The lowest BCUT2D eigenvalue weighted by Gasteiger charge is -2.31. The molecule has 3 atom stereocenters. The van der Waals surface area contributed by atoms with E-state index in [0.717, 1.165) is 47.1 Å². The van der Waals surface area contributed by atoms with Crippen LogP contribution in [0.25, 0.3) is 10.9 Å². The van der Waals surface area contributed by atoms with E-state index in [1.165, 1.54) is 28.9 Å². The number of nitrogens with one attached hydrogen (secondary N) is 3. The van der Waals surface area contributed by atoms with Crippen LogP contribution in [0.5, 0.6) is 0 Å². The van der Waals surface area contributed by atoms with Crippen molar-refractivity contribution in [3.05, 3.63) is 137 Å². The number of aromatic nitrogens is 1. The third-order valence-corrected chi connectivity index (χ3v) is 8.65. The first kappa shape index (κ1) is 24.5. The van der Waals surface area contributed by atoms with Gasteiger partial charge in [0.15, 0.2) is 0 Å². The maximum Gasteiger partial charge on any atom is 0.252 e. The normalized spacial score (nSPS) is 20.5. The number of H-pyrrole nitrogens is 1. The Hall–Kier alpha value is -4.58. The summed E-state index contributed by atoms with van der Waals surface area (Å²) in [6.07, 6.45) is 9.16. The number of amides is 1. The lowest BCUT2D eigenvalue weighted by atomic mass is 9.78. The van der Waals surface area contributed by atoms with E-state index in [1.807, 2.05) is 53.7 Å². The van der Waals surface area contributed by atoms with Crippen LogP contribution in [0.4, 0.5) is 10.1 Å². The van der Waals surface area contributed by atoms with Crippen LogP contribution in [-0.2, 0) is 0 Å². The van der Waals surface area contributed by atoms with Gasteiger partial charge in [-0.3, -0.25) is 9.80 Å². The van der Waals surface area contributed by atoms with Gasteiger partial charge in [0.05, 0.1) is 17.4 Å². The smallest absolute Gasteiger partial charge is 0.252 e. The lowest BCUT2D eigenvalue weighted by molar-refractivity contribution is 0.0933. The molecule has 1 amide bonds. The predicted molar refractivity (Wildman–Crippen MR) is 157 cm³/mol. The highest BCUT2D eigenvalue weighted by Gasteiger charge is 2.39. The van der Waals surface area contributed by atoms with Gasteiger partial charge >= 0.3 is 0 Å². The van der Waals surface area contributed by atoms with E-state index < -0.39 is 0 Å². The number of halogens is 1. The molecule has 200 valence electrons. The summed E-state index contributed by atoms with van der Waals surface area (Å²) in [6.45, 7) is 2.28. The molecule has 1 unspecified atom stereocenters. The Morgan fingerprint density at radius 1 is 1.05 bits per heavy atom. The molecule has 0 saturated carbocycles. The fraction of sp³-hybridized carbons (Fsp3) is 0.206. The van der Waals surface area contributed by atoms with Gasteiger partial charge in [0.2, 0.25) is 0 Å². The zero-order valence-electron chi connectivity index (χ0n) is 22.3. The third-order valence-electron chi connectivity index (χ3n) is 8.65. The maximum absolute atomic E-state index is 13.6. The quantitative estimate of drug-likeness (QED) is 0.245. The Bertz CT molecular complexity index is 1680. The number of rotatable bonds is 6. The molecular formula is C34H31FN4O. The molecule has 3 aliphatic rings. The van der Waals surface area contributed by atoms with Gasteiger partial charge in [0, 0.05) is 40.4 Å². The van der Waals surface area contributed by atoms with Crippen molar-refractivity contribution in [2.75, 3.05) is 5.01 Å². The second-order valence-corrected chi connectivity index (χ2v) is 10.9. The summed E-state index contributed by atoms with van der Waals surface area (Å²) in [6, 6.07) is 24.6. The highest BCUT2D eigenvalue weighted by molar-refractivity contribution is 6.06. The van der Waals surface area contributed by atoms with E-state index in [9.17, 15) is 9.18 Å². The number of carbonyl (C=O) groups excluding carboxylic acids is 1. The van der Waals surface area contributed by atoms with Crippen LogP contribution in [0.3, 0.4) is 0 Å². The fourth-order valence-corrected chi connectivity index (χ4v) is 6.73. The molecule has 2 aliphatic carbocycles. The summed E-state index contributed by atoms with van der Waals surface area (Å²) < 4.78 is 13.5. The van der Waals surface area contributed by atoms with Crippen LogP contribution >= 0.6 is 0 Å². The Morgan fingerprint density at radius 2 is 1.88 bits per heavy atom. The standard InChI is InChI=1S/C34H31FN4O/c1-21-29-20-37-39(26-14-12-25(35)13-15-26)32(29)19-24-11-10-23(33(21)24)18-31(22-6-3-2-4-7-22)38-34(40)28-8-5-9-30-27(28)16-17-36-30/h2-9,12-17,19-21,23,31,36-37H,10-11,18H2,1H3,(H,38,40)/t21-,23+,31?/m0/s1. The zero-order chi connectivity index (χ0) is 27.2. The molecule has 0 bridgehead atoms. The van der Waals surface area contributed by atoms with Crippen molar-refractivity contribution in [3.63, 3.8) is 0 Å². The number of hydrogen-bond donors (Lipinski definition) is 3. The number of benzene rings is 3. The molecule has 3 aromatic carbocycles. The number of anilines is 1. The topological polar surface area (TPSA) is 60.2 Å². The minimum absolute atomic E-state index is 0.0530. The van der Waals surface area contributed by atoms with E-state index in [4.69, 9.17) is 0 Å². The number of aromatic amines is 1. The fourth-order valence-electron chi connectivity index (χ4n) is 6.73. The Kier molecular flexibility index (Phi) is 6.03. The minimum atomic E-state index is -0.240. The molecule has 5 nitrogen and oxygen atoms in total. The van der Waals surface area contributed by atoms with Gasteiger partial charge in [-0.05, 0) is 84.9 Å². The number of hydrazine groups is 1. The van der Waals surface area contributed by atoms with Crippen molar-refractivity contribution in [1.29, 1.82) is 0 Å². The monoisotopic (exact) mass is 530 g/mol. The number of nitrogens with zero attached hydrogens (tertiary/aromatic N) is 1. The molecular weight excluding hydrogens is 499 g/mol. The Balaban J connectivity index is 1.18. The van der Waals surface area contributed by atoms with Crippen molar-refractivity contribution in [3.8, 4) is 0 Å². The molecule has 40 heavy (non-hydrogen) atoms. The number of carbonyl (C=O) groups is 1. The molecule has 1 aliphatic heterocycles.